The number of esters is 1. The first-order chi connectivity index (χ1) is 11.2. The molecule has 0 saturated heterocycles. The Balaban J connectivity index is 2.48. The van der Waals surface area contributed by atoms with Crippen LogP contribution in [0.2, 0.25) is 0 Å². The lowest BCUT2D eigenvalue weighted by molar-refractivity contribution is -0.141. The van der Waals surface area contributed by atoms with Crippen molar-refractivity contribution in [3.05, 3.63) is 53.0 Å². The molecule has 1 N–H and O–H groups in total. The van der Waals surface area contributed by atoms with Gasteiger partial charge in [0.05, 0.1) is 6.61 Å². The highest BCUT2D eigenvalue weighted by Gasteiger charge is 2.33. The molecule has 1 heterocycles. The minimum atomic E-state index is -4.67. The maximum atomic E-state index is 13.1. The average Bonchev–Trinajstić information content (AvgIpc) is 2.49. The molecule has 24 heavy (non-hydrogen) atoms. The fourth-order valence-corrected chi connectivity index (χ4v) is 1.98. The number of anilines is 2. The largest absolute Gasteiger partial charge is 0.462 e. The number of carbonyl (C=O) groups is 1. The van der Waals surface area contributed by atoms with E-state index in [-0.39, 0.29) is 18.0 Å². The molecule has 0 aliphatic rings. The minimum Gasteiger partial charge on any atom is -0.462 e. The Morgan fingerprint density at radius 1 is 1.25 bits per heavy atom. The van der Waals surface area contributed by atoms with Crippen molar-refractivity contribution in [1.29, 1.82) is 0 Å². The third-order valence-corrected chi connectivity index (χ3v) is 3.12. The van der Waals surface area contributed by atoms with Crippen molar-refractivity contribution in [3.63, 3.8) is 0 Å². The summed E-state index contributed by atoms with van der Waals surface area (Å²) in [4.78, 5) is 15.4. The molecule has 0 aliphatic heterocycles. The highest BCUT2D eigenvalue weighted by molar-refractivity contribution is 5.95. The molecule has 0 aliphatic carbocycles. The maximum Gasteiger partial charge on any atom is 0.433 e. The topological polar surface area (TPSA) is 51.2 Å². The number of benzene rings is 1. The highest BCUT2D eigenvalue weighted by Crippen LogP contribution is 2.31. The molecule has 1 aromatic heterocycles. The number of ether oxygens (including phenoxy) is 1. The van der Waals surface area contributed by atoms with Crippen LogP contribution in [0.5, 0.6) is 0 Å². The van der Waals surface area contributed by atoms with E-state index >= 15 is 0 Å². The van der Waals surface area contributed by atoms with Gasteiger partial charge in [-0.3, -0.25) is 0 Å². The van der Waals surface area contributed by atoms with Crippen LogP contribution in [0.4, 0.5) is 29.1 Å². The van der Waals surface area contributed by atoms with Gasteiger partial charge in [-0.1, -0.05) is 0 Å². The number of alkyl halides is 3. The number of rotatable bonds is 4. The summed E-state index contributed by atoms with van der Waals surface area (Å²) < 4.78 is 56.6. The number of pyridine rings is 1. The Morgan fingerprint density at radius 3 is 2.54 bits per heavy atom. The summed E-state index contributed by atoms with van der Waals surface area (Å²) in [6, 6.07) is 5.40. The Labute approximate surface area is 135 Å². The van der Waals surface area contributed by atoms with Gasteiger partial charge in [-0.05, 0) is 49.7 Å². The Morgan fingerprint density at radius 2 is 1.96 bits per heavy atom. The van der Waals surface area contributed by atoms with E-state index in [1.807, 2.05) is 0 Å². The number of nitrogens with one attached hydrogen (secondary N) is 1. The van der Waals surface area contributed by atoms with E-state index < -0.39 is 23.7 Å². The lowest BCUT2D eigenvalue weighted by atomic mass is 10.1. The molecule has 1 aromatic carbocycles. The van der Waals surface area contributed by atoms with Crippen molar-refractivity contribution in [3.8, 4) is 0 Å². The van der Waals surface area contributed by atoms with Gasteiger partial charge in [0.2, 0.25) is 0 Å². The van der Waals surface area contributed by atoms with Crippen molar-refractivity contribution in [2.45, 2.75) is 20.0 Å². The third-order valence-electron chi connectivity index (χ3n) is 3.12. The zero-order chi connectivity index (χ0) is 17.9. The Kier molecular flexibility index (Phi) is 5.06. The summed E-state index contributed by atoms with van der Waals surface area (Å²) >= 11 is 0. The highest BCUT2D eigenvalue weighted by atomic mass is 19.4. The second-order valence-electron chi connectivity index (χ2n) is 4.90. The number of aryl methyl sites for hydroxylation is 1. The second-order valence-corrected chi connectivity index (χ2v) is 4.90. The van der Waals surface area contributed by atoms with E-state index in [1.54, 1.807) is 13.8 Å². The van der Waals surface area contributed by atoms with E-state index in [0.717, 1.165) is 12.1 Å². The molecule has 8 heteroatoms. The molecule has 0 amide bonds. The van der Waals surface area contributed by atoms with Gasteiger partial charge in [-0.2, -0.15) is 13.2 Å². The number of halogens is 4. The molecule has 0 saturated carbocycles. The van der Waals surface area contributed by atoms with Crippen LogP contribution in [0.3, 0.4) is 0 Å². The predicted molar refractivity (Wildman–Crippen MR) is 79.6 cm³/mol. The summed E-state index contributed by atoms with van der Waals surface area (Å²) in [7, 11) is 0. The minimum absolute atomic E-state index is 0.0644. The van der Waals surface area contributed by atoms with Gasteiger partial charge in [0.1, 0.15) is 22.9 Å². The normalized spacial score (nSPS) is 11.2. The fourth-order valence-electron chi connectivity index (χ4n) is 1.98. The molecule has 0 spiro atoms. The maximum absolute atomic E-state index is 13.1. The zero-order valence-corrected chi connectivity index (χ0v) is 12.9. The van der Waals surface area contributed by atoms with Gasteiger partial charge >= 0.3 is 12.1 Å². The van der Waals surface area contributed by atoms with Crippen molar-refractivity contribution in [2.75, 3.05) is 11.9 Å². The first-order valence-electron chi connectivity index (χ1n) is 7.01. The van der Waals surface area contributed by atoms with Crippen molar-refractivity contribution < 1.29 is 27.1 Å². The molecule has 0 radical (unpaired) electrons. The molecule has 0 fully saturated rings. The number of aromatic nitrogens is 1. The lowest BCUT2D eigenvalue weighted by Gasteiger charge is -2.15. The summed E-state index contributed by atoms with van der Waals surface area (Å²) in [5.41, 5.74) is -0.524. The van der Waals surface area contributed by atoms with Gasteiger partial charge in [0.25, 0.3) is 0 Å². The zero-order valence-electron chi connectivity index (χ0n) is 12.9. The number of nitrogens with zero attached hydrogens (tertiary/aromatic N) is 1. The van der Waals surface area contributed by atoms with E-state index in [0.29, 0.717) is 17.3 Å². The van der Waals surface area contributed by atoms with E-state index in [1.165, 1.54) is 12.1 Å². The second kappa shape index (κ2) is 6.86. The number of carbonyl (C=O) groups excluding carboxylic acids is 1. The van der Waals surface area contributed by atoms with Gasteiger partial charge in [0.15, 0.2) is 0 Å². The Hall–Kier alpha value is -2.64. The lowest BCUT2D eigenvalue weighted by Crippen LogP contribution is -2.14. The summed E-state index contributed by atoms with van der Waals surface area (Å²) in [6.45, 7) is 3.21. The van der Waals surface area contributed by atoms with E-state index in [2.05, 4.69) is 10.3 Å². The van der Waals surface area contributed by atoms with Gasteiger partial charge in [-0.25, -0.2) is 14.2 Å². The quantitative estimate of drug-likeness (QED) is 0.658. The fraction of sp³-hybridized carbons (Fsp3) is 0.250. The molecular weight excluding hydrogens is 328 g/mol. The van der Waals surface area contributed by atoms with Gasteiger partial charge in [0, 0.05) is 5.69 Å². The molecule has 4 nitrogen and oxygen atoms in total. The van der Waals surface area contributed by atoms with Crippen LogP contribution in [-0.2, 0) is 10.9 Å². The predicted octanol–water partition coefficient (Wildman–Crippen LogP) is 4.47. The smallest absolute Gasteiger partial charge is 0.433 e. The van der Waals surface area contributed by atoms with Crippen molar-refractivity contribution in [1.82, 2.24) is 4.98 Å². The summed E-state index contributed by atoms with van der Waals surface area (Å²) in [6.07, 6.45) is -4.67. The monoisotopic (exact) mass is 342 g/mol. The van der Waals surface area contributed by atoms with Crippen LogP contribution in [0.1, 0.15) is 28.5 Å². The standard InChI is InChI=1S/C16H14F4N2O2/c1-3-24-15(23)11-5-7-13(16(18,19)20)22-14(11)21-12-6-4-10(17)8-9(12)2/h4-8H,3H2,1-2H3,(H,21,22). The van der Waals surface area contributed by atoms with Crippen LogP contribution in [0, 0.1) is 12.7 Å². The molecule has 0 atom stereocenters. The molecule has 128 valence electrons. The number of hydrogen-bond acceptors (Lipinski definition) is 4. The molecule has 0 unspecified atom stereocenters. The van der Waals surface area contributed by atoms with Crippen LogP contribution in [0.25, 0.3) is 0 Å². The average molecular weight is 342 g/mol. The molecular formula is C16H14F4N2O2. The molecule has 2 rings (SSSR count). The van der Waals surface area contributed by atoms with Crippen LogP contribution in [-0.4, -0.2) is 17.6 Å². The van der Waals surface area contributed by atoms with E-state index in [9.17, 15) is 22.4 Å². The Bertz CT molecular complexity index is 760. The summed E-state index contributed by atoms with van der Waals surface area (Å²) in [5.74, 6) is -1.60. The molecule has 0 bridgehead atoms. The van der Waals surface area contributed by atoms with Crippen molar-refractivity contribution >= 4 is 17.5 Å². The third kappa shape index (κ3) is 4.01. The van der Waals surface area contributed by atoms with Gasteiger partial charge < -0.3 is 10.1 Å². The van der Waals surface area contributed by atoms with Gasteiger partial charge in [-0.15, -0.1) is 0 Å². The van der Waals surface area contributed by atoms with E-state index in [4.69, 9.17) is 4.74 Å². The first kappa shape index (κ1) is 17.7. The van der Waals surface area contributed by atoms with Crippen LogP contribution >= 0.6 is 0 Å². The SMILES string of the molecule is CCOC(=O)c1ccc(C(F)(F)F)nc1Nc1ccc(F)cc1C. The first-order valence-corrected chi connectivity index (χ1v) is 7.01. The number of hydrogen-bond donors (Lipinski definition) is 1. The summed E-state index contributed by atoms with van der Waals surface area (Å²) in [5, 5.41) is 2.64. The van der Waals surface area contributed by atoms with Crippen molar-refractivity contribution in [2.24, 2.45) is 0 Å². The van der Waals surface area contributed by atoms with Crippen LogP contribution in [0.15, 0.2) is 30.3 Å². The van der Waals surface area contributed by atoms with Crippen LogP contribution < -0.4 is 5.32 Å². The molecule has 2 aromatic rings.